The van der Waals surface area contributed by atoms with Crippen LogP contribution in [0.25, 0.3) is 11.5 Å². The van der Waals surface area contributed by atoms with Crippen molar-refractivity contribution in [2.45, 2.75) is 26.9 Å². The number of carbonyl (C=O) groups is 1. The molecule has 0 saturated carbocycles. The number of aryl methyl sites for hydroxylation is 2. The highest BCUT2D eigenvalue weighted by Gasteiger charge is 2.15. The van der Waals surface area contributed by atoms with Gasteiger partial charge >= 0.3 is 5.97 Å². The van der Waals surface area contributed by atoms with Crippen molar-refractivity contribution in [3.05, 3.63) is 57.6 Å². The Balaban J connectivity index is 1.64. The number of rotatable bonds is 5. The smallest absolute Gasteiger partial charge is 0.348 e. The molecule has 0 fully saturated rings. The molecule has 0 atom stereocenters. The summed E-state index contributed by atoms with van der Waals surface area (Å²) < 4.78 is 10.8. The molecule has 0 aliphatic heterocycles. The molecular formula is C17H16N2O3S. The Morgan fingerprint density at radius 2 is 2.04 bits per heavy atom. The summed E-state index contributed by atoms with van der Waals surface area (Å²) in [5.74, 6) is 0.329. The first-order chi connectivity index (χ1) is 11.2. The van der Waals surface area contributed by atoms with E-state index in [2.05, 4.69) is 17.1 Å². The van der Waals surface area contributed by atoms with Crippen molar-refractivity contribution in [1.82, 2.24) is 10.2 Å². The van der Waals surface area contributed by atoms with Crippen LogP contribution >= 0.6 is 11.3 Å². The highest BCUT2D eigenvalue weighted by atomic mass is 32.1. The number of ether oxygens (including phenoxy) is 1. The van der Waals surface area contributed by atoms with E-state index < -0.39 is 0 Å². The number of hydrogen-bond acceptors (Lipinski definition) is 6. The number of nitrogens with zero attached hydrogens (tertiary/aromatic N) is 2. The SMILES string of the molecule is CCc1sc(C(=O)OCc2nnc(-c3ccccc3)o2)cc1C. The maximum atomic E-state index is 12.1. The first-order valence-corrected chi connectivity index (χ1v) is 8.13. The average Bonchev–Trinajstić information content (AvgIpc) is 3.20. The van der Waals surface area contributed by atoms with Gasteiger partial charge in [-0.25, -0.2) is 4.79 Å². The molecule has 0 amide bonds. The van der Waals surface area contributed by atoms with Gasteiger partial charge in [-0.3, -0.25) is 0 Å². The van der Waals surface area contributed by atoms with Gasteiger partial charge in [-0.15, -0.1) is 21.5 Å². The van der Waals surface area contributed by atoms with Gasteiger partial charge in [0.2, 0.25) is 5.89 Å². The molecule has 23 heavy (non-hydrogen) atoms. The predicted octanol–water partition coefficient (Wildman–Crippen LogP) is 4.03. The van der Waals surface area contributed by atoms with Crippen LogP contribution in [0.2, 0.25) is 0 Å². The number of hydrogen-bond donors (Lipinski definition) is 0. The van der Waals surface area contributed by atoms with Crippen molar-refractivity contribution in [1.29, 1.82) is 0 Å². The van der Waals surface area contributed by atoms with Gasteiger partial charge in [0.1, 0.15) is 4.88 Å². The van der Waals surface area contributed by atoms with Gasteiger partial charge in [-0.2, -0.15) is 0 Å². The van der Waals surface area contributed by atoms with Crippen LogP contribution in [0.4, 0.5) is 0 Å². The standard InChI is InChI=1S/C17H16N2O3S/c1-3-13-11(2)9-14(23-13)17(20)21-10-15-18-19-16(22-15)12-7-5-4-6-8-12/h4-9H,3,10H2,1-2H3. The van der Waals surface area contributed by atoms with Crippen LogP contribution in [0.15, 0.2) is 40.8 Å². The van der Waals surface area contributed by atoms with E-state index in [-0.39, 0.29) is 18.5 Å². The second kappa shape index (κ2) is 6.75. The molecule has 6 heteroatoms. The van der Waals surface area contributed by atoms with E-state index in [1.807, 2.05) is 43.3 Å². The summed E-state index contributed by atoms with van der Waals surface area (Å²) >= 11 is 1.46. The topological polar surface area (TPSA) is 65.2 Å². The second-order valence-corrected chi connectivity index (χ2v) is 6.15. The maximum absolute atomic E-state index is 12.1. The fraction of sp³-hybridized carbons (Fsp3) is 0.235. The van der Waals surface area contributed by atoms with Crippen molar-refractivity contribution >= 4 is 17.3 Å². The molecule has 0 bridgehead atoms. The lowest BCUT2D eigenvalue weighted by molar-refractivity contribution is 0.0444. The number of esters is 1. The van der Waals surface area contributed by atoms with Crippen molar-refractivity contribution < 1.29 is 13.9 Å². The van der Waals surface area contributed by atoms with Crippen LogP contribution in [0, 0.1) is 6.92 Å². The van der Waals surface area contributed by atoms with Gasteiger partial charge in [0, 0.05) is 10.4 Å². The molecule has 0 N–H and O–H groups in total. The summed E-state index contributed by atoms with van der Waals surface area (Å²) in [5, 5.41) is 7.87. The van der Waals surface area contributed by atoms with Gasteiger partial charge in [0.25, 0.3) is 5.89 Å². The number of carbonyl (C=O) groups excluding carboxylic acids is 1. The van der Waals surface area contributed by atoms with Crippen molar-refractivity contribution in [2.24, 2.45) is 0 Å². The van der Waals surface area contributed by atoms with Crippen LogP contribution in [0.5, 0.6) is 0 Å². The minimum atomic E-state index is -0.364. The van der Waals surface area contributed by atoms with Crippen LogP contribution < -0.4 is 0 Å². The normalized spacial score (nSPS) is 10.7. The van der Waals surface area contributed by atoms with Crippen LogP contribution in [0.3, 0.4) is 0 Å². The number of benzene rings is 1. The van der Waals surface area contributed by atoms with Crippen LogP contribution in [-0.4, -0.2) is 16.2 Å². The lowest BCUT2D eigenvalue weighted by atomic mass is 10.2. The van der Waals surface area contributed by atoms with Gasteiger partial charge in [0.05, 0.1) is 0 Å². The fourth-order valence-corrected chi connectivity index (χ4v) is 3.19. The second-order valence-electron chi connectivity index (χ2n) is 5.01. The van der Waals surface area contributed by atoms with E-state index in [1.54, 1.807) is 0 Å². The Hall–Kier alpha value is -2.47. The fourth-order valence-electron chi connectivity index (χ4n) is 2.18. The molecule has 0 radical (unpaired) electrons. The highest BCUT2D eigenvalue weighted by Crippen LogP contribution is 2.23. The maximum Gasteiger partial charge on any atom is 0.348 e. The van der Waals surface area contributed by atoms with Crippen molar-refractivity contribution in [3.63, 3.8) is 0 Å². The van der Waals surface area contributed by atoms with E-state index in [1.165, 1.54) is 16.2 Å². The van der Waals surface area contributed by atoms with Crippen molar-refractivity contribution in [3.8, 4) is 11.5 Å². The average molecular weight is 328 g/mol. The van der Waals surface area contributed by atoms with Gasteiger partial charge < -0.3 is 9.15 Å². The monoisotopic (exact) mass is 328 g/mol. The highest BCUT2D eigenvalue weighted by molar-refractivity contribution is 7.14. The molecule has 0 unspecified atom stereocenters. The Morgan fingerprint density at radius 1 is 1.26 bits per heavy atom. The third kappa shape index (κ3) is 3.48. The molecule has 5 nitrogen and oxygen atoms in total. The molecule has 0 aliphatic carbocycles. The van der Waals surface area contributed by atoms with E-state index in [0.717, 1.165) is 17.5 Å². The van der Waals surface area contributed by atoms with E-state index in [4.69, 9.17) is 9.15 Å². The van der Waals surface area contributed by atoms with Gasteiger partial charge in [0.15, 0.2) is 6.61 Å². The molecular weight excluding hydrogens is 312 g/mol. The molecule has 3 aromatic rings. The third-order valence-electron chi connectivity index (χ3n) is 3.36. The van der Waals surface area contributed by atoms with E-state index in [0.29, 0.717) is 10.8 Å². The summed E-state index contributed by atoms with van der Waals surface area (Å²) in [6.07, 6.45) is 0.911. The first kappa shape index (κ1) is 15.4. The summed E-state index contributed by atoms with van der Waals surface area (Å²) in [4.78, 5) is 13.9. The molecule has 0 aliphatic rings. The zero-order valence-corrected chi connectivity index (χ0v) is 13.7. The summed E-state index contributed by atoms with van der Waals surface area (Å²) in [7, 11) is 0. The molecule has 118 valence electrons. The van der Waals surface area contributed by atoms with Crippen molar-refractivity contribution in [2.75, 3.05) is 0 Å². The van der Waals surface area contributed by atoms with Gasteiger partial charge in [-0.05, 0) is 37.1 Å². The minimum absolute atomic E-state index is 0.0307. The summed E-state index contributed by atoms with van der Waals surface area (Å²) in [6, 6.07) is 11.3. The largest absolute Gasteiger partial charge is 0.451 e. The Bertz CT molecular complexity index is 808. The van der Waals surface area contributed by atoms with Crippen LogP contribution in [-0.2, 0) is 17.8 Å². The lowest BCUT2D eigenvalue weighted by Gasteiger charge is -1.99. The zero-order valence-electron chi connectivity index (χ0n) is 12.9. The predicted molar refractivity (Wildman–Crippen MR) is 87.3 cm³/mol. The van der Waals surface area contributed by atoms with E-state index >= 15 is 0 Å². The molecule has 1 aromatic carbocycles. The van der Waals surface area contributed by atoms with Gasteiger partial charge in [-0.1, -0.05) is 25.1 Å². The lowest BCUT2D eigenvalue weighted by Crippen LogP contribution is -2.03. The Morgan fingerprint density at radius 3 is 2.74 bits per heavy atom. The molecule has 0 spiro atoms. The zero-order chi connectivity index (χ0) is 16.2. The summed E-state index contributed by atoms with van der Waals surface area (Å²) in [6.45, 7) is 4.03. The molecule has 3 rings (SSSR count). The Labute approximate surface area is 137 Å². The number of aromatic nitrogens is 2. The molecule has 0 saturated heterocycles. The van der Waals surface area contributed by atoms with E-state index in [9.17, 15) is 4.79 Å². The molecule has 2 aromatic heterocycles. The van der Waals surface area contributed by atoms with Crippen LogP contribution in [0.1, 0.15) is 32.9 Å². The number of thiophene rings is 1. The first-order valence-electron chi connectivity index (χ1n) is 7.31. The quantitative estimate of drug-likeness (QED) is 0.662. The molecule has 2 heterocycles. The third-order valence-corrected chi connectivity index (χ3v) is 4.72. The summed E-state index contributed by atoms with van der Waals surface area (Å²) in [5.41, 5.74) is 1.95. The minimum Gasteiger partial charge on any atom is -0.451 e. The Kier molecular flexibility index (Phi) is 4.52.